The van der Waals surface area contributed by atoms with Crippen LogP contribution < -0.4 is 0 Å². The van der Waals surface area contributed by atoms with Crippen LogP contribution in [0.5, 0.6) is 0 Å². The topological polar surface area (TPSA) is 37.3 Å². The molecule has 1 atom stereocenters. The molecule has 0 aromatic heterocycles. The maximum atomic E-state index is 11.4. The number of aryl methyl sites for hydroxylation is 1. The quantitative estimate of drug-likeness (QED) is 0.204. The van der Waals surface area contributed by atoms with Crippen molar-refractivity contribution < 1.29 is 9.90 Å². The normalized spacial score (nSPS) is 23.3. The van der Waals surface area contributed by atoms with Crippen LogP contribution in [0.4, 0.5) is 0 Å². The average molecular weight is 545 g/mol. The van der Waals surface area contributed by atoms with E-state index in [0.29, 0.717) is 17.8 Å². The Hall–Kier alpha value is -3.57. The molecule has 3 aromatic carbocycles. The standard InChI is InChI=1S/C39H44O2/c1-3-29-11-13-31(14-12-29)27-32-15-17-35(18-16-32)38(28(2)9-10-30-7-5-4-6-8-30)36-23-19-33(20-24-36)34-21-25-37(26-22-34)39(40)41/h1,4-8,11-14,19-20,23-24,32,34-35,37-38H,2,9-10,15-18,21-22,25-27H2,(H,40,41). The summed E-state index contributed by atoms with van der Waals surface area (Å²) < 4.78 is 0. The Morgan fingerprint density at radius 2 is 1.49 bits per heavy atom. The summed E-state index contributed by atoms with van der Waals surface area (Å²) in [5.41, 5.74) is 7.85. The number of allylic oxidation sites excluding steroid dienone is 1. The van der Waals surface area contributed by atoms with Crippen molar-refractivity contribution in [3.63, 3.8) is 0 Å². The van der Waals surface area contributed by atoms with Crippen molar-refractivity contribution in [1.82, 2.24) is 0 Å². The molecule has 2 fully saturated rings. The molecule has 2 nitrogen and oxygen atoms in total. The number of terminal acetylenes is 1. The molecule has 0 bridgehead atoms. The summed E-state index contributed by atoms with van der Waals surface area (Å²) in [7, 11) is 0. The molecule has 0 heterocycles. The molecule has 0 saturated heterocycles. The van der Waals surface area contributed by atoms with Crippen LogP contribution in [0.25, 0.3) is 0 Å². The molecular formula is C39H44O2. The van der Waals surface area contributed by atoms with E-state index in [1.165, 1.54) is 53.5 Å². The van der Waals surface area contributed by atoms with Gasteiger partial charge in [-0.05, 0) is 123 Å². The summed E-state index contributed by atoms with van der Waals surface area (Å²) in [6.07, 6.45) is 17.2. The Kier molecular flexibility index (Phi) is 9.79. The zero-order valence-corrected chi connectivity index (χ0v) is 24.3. The molecule has 41 heavy (non-hydrogen) atoms. The Morgan fingerprint density at radius 3 is 2.10 bits per heavy atom. The maximum absolute atomic E-state index is 11.4. The molecule has 2 aliphatic rings. The second-order valence-electron chi connectivity index (χ2n) is 12.5. The van der Waals surface area contributed by atoms with Gasteiger partial charge in [0, 0.05) is 11.5 Å². The van der Waals surface area contributed by atoms with Gasteiger partial charge in [0.2, 0.25) is 0 Å². The second kappa shape index (κ2) is 13.9. The molecule has 0 spiro atoms. The SMILES string of the molecule is C#Cc1ccc(CC2CCC(C(C(=C)CCc3ccccc3)c3ccc(C4CCC(C(=O)O)CC4)cc3)CC2)cc1. The van der Waals surface area contributed by atoms with Gasteiger partial charge in [0.15, 0.2) is 0 Å². The fraction of sp³-hybridized carbons (Fsp3) is 0.410. The molecule has 0 radical (unpaired) electrons. The number of rotatable bonds is 10. The number of hydrogen-bond donors (Lipinski definition) is 1. The minimum absolute atomic E-state index is 0.166. The monoisotopic (exact) mass is 544 g/mol. The number of benzene rings is 3. The fourth-order valence-electron chi connectivity index (χ4n) is 7.39. The van der Waals surface area contributed by atoms with Gasteiger partial charge in [-0.2, -0.15) is 0 Å². The number of aliphatic carboxylic acids is 1. The van der Waals surface area contributed by atoms with E-state index < -0.39 is 5.97 Å². The van der Waals surface area contributed by atoms with Gasteiger partial charge < -0.3 is 5.11 Å². The van der Waals surface area contributed by atoms with Crippen LogP contribution in [0.2, 0.25) is 0 Å². The van der Waals surface area contributed by atoms with Gasteiger partial charge in [0.25, 0.3) is 0 Å². The Labute approximate surface area is 246 Å². The first-order valence-corrected chi connectivity index (χ1v) is 15.6. The molecule has 1 N–H and O–H groups in total. The predicted molar refractivity (Wildman–Crippen MR) is 169 cm³/mol. The van der Waals surface area contributed by atoms with Crippen LogP contribution in [0.15, 0.2) is 91.0 Å². The van der Waals surface area contributed by atoms with Crippen molar-refractivity contribution >= 4 is 5.97 Å². The van der Waals surface area contributed by atoms with E-state index in [9.17, 15) is 9.90 Å². The molecule has 2 heteroatoms. The lowest BCUT2D eigenvalue weighted by Crippen LogP contribution is -2.23. The highest BCUT2D eigenvalue weighted by molar-refractivity contribution is 5.70. The van der Waals surface area contributed by atoms with Gasteiger partial charge in [-0.25, -0.2) is 0 Å². The maximum Gasteiger partial charge on any atom is 0.306 e. The fourth-order valence-corrected chi connectivity index (χ4v) is 7.39. The van der Waals surface area contributed by atoms with E-state index in [-0.39, 0.29) is 5.92 Å². The first-order chi connectivity index (χ1) is 20.0. The van der Waals surface area contributed by atoms with Gasteiger partial charge in [0.1, 0.15) is 0 Å². The van der Waals surface area contributed by atoms with Crippen molar-refractivity contribution in [2.45, 2.75) is 82.5 Å². The van der Waals surface area contributed by atoms with E-state index in [0.717, 1.165) is 56.4 Å². The third-order valence-corrected chi connectivity index (χ3v) is 9.87. The molecule has 0 amide bonds. The van der Waals surface area contributed by atoms with Gasteiger partial charge in [-0.3, -0.25) is 4.79 Å². The number of carbonyl (C=O) groups is 1. The van der Waals surface area contributed by atoms with Crippen LogP contribution in [0, 0.1) is 30.1 Å². The van der Waals surface area contributed by atoms with Crippen molar-refractivity contribution in [2.75, 3.05) is 0 Å². The number of carboxylic acids is 1. The predicted octanol–water partition coefficient (Wildman–Crippen LogP) is 9.35. The van der Waals surface area contributed by atoms with E-state index in [2.05, 4.69) is 84.8 Å². The van der Waals surface area contributed by atoms with Gasteiger partial charge >= 0.3 is 5.97 Å². The summed E-state index contributed by atoms with van der Waals surface area (Å²) in [4.78, 5) is 11.4. The molecule has 212 valence electrons. The second-order valence-corrected chi connectivity index (χ2v) is 12.5. The van der Waals surface area contributed by atoms with Crippen LogP contribution in [-0.2, 0) is 17.6 Å². The molecular weight excluding hydrogens is 500 g/mol. The Bertz CT molecular complexity index is 1310. The van der Waals surface area contributed by atoms with Crippen molar-refractivity contribution in [3.05, 3.63) is 119 Å². The highest BCUT2D eigenvalue weighted by Crippen LogP contribution is 2.44. The summed E-state index contributed by atoms with van der Waals surface area (Å²) in [6.45, 7) is 4.69. The van der Waals surface area contributed by atoms with E-state index >= 15 is 0 Å². The van der Waals surface area contributed by atoms with Crippen LogP contribution in [0.1, 0.15) is 97.4 Å². The molecule has 0 aliphatic heterocycles. The largest absolute Gasteiger partial charge is 0.481 e. The lowest BCUT2D eigenvalue weighted by Gasteiger charge is -2.36. The summed E-state index contributed by atoms with van der Waals surface area (Å²) in [5, 5.41) is 9.38. The van der Waals surface area contributed by atoms with Crippen LogP contribution in [-0.4, -0.2) is 11.1 Å². The molecule has 3 aromatic rings. The first-order valence-electron chi connectivity index (χ1n) is 15.6. The summed E-state index contributed by atoms with van der Waals surface area (Å²) in [5.74, 6) is 4.13. The number of carboxylic acid groups (broad SMARTS) is 1. The molecule has 2 saturated carbocycles. The van der Waals surface area contributed by atoms with E-state index in [4.69, 9.17) is 13.0 Å². The third kappa shape index (κ3) is 7.59. The zero-order valence-electron chi connectivity index (χ0n) is 24.3. The summed E-state index contributed by atoms with van der Waals surface area (Å²) >= 11 is 0. The highest BCUT2D eigenvalue weighted by Gasteiger charge is 2.31. The number of hydrogen-bond acceptors (Lipinski definition) is 1. The van der Waals surface area contributed by atoms with Gasteiger partial charge in [-0.1, -0.05) is 84.8 Å². The Balaban J connectivity index is 1.26. The first kappa shape index (κ1) is 28.9. The molecule has 1 unspecified atom stereocenters. The lowest BCUT2D eigenvalue weighted by molar-refractivity contribution is -0.142. The van der Waals surface area contributed by atoms with Gasteiger partial charge in [-0.15, -0.1) is 6.42 Å². The van der Waals surface area contributed by atoms with Crippen LogP contribution in [0.3, 0.4) is 0 Å². The van der Waals surface area contributed by atoms with Crippen LogP contribution >= 0.6 is 0 Å². The van der Waals surface area contributed by atoms with Crippen molar-refractivity contribution in [3.8, 4) is 12.3 Å². The minimum atomic E-state index is -0.632. The highest BCUT2D eigenvalue weighted by atomic mass is 16.4. The zero-order chi connectivity index (χ0) is 28.6. The smallest absolute Gasteiger partial charge is 0.306 e. The van der Waals surface area contributed by atoms with Gasteiger partial charge in [0.05, 0.1) is 5.92 Å². The summed E-state index contributed by atoms with van der Waals surface area (Å²) in [6, 6.07) is 28.7. The Morgan fingerprint density at radius 1 is 0.829 bits per heavy atom. The molecule has 5 rings (SSSR count). The lowest BCUT2D eigenvalue weighted by atomic mass is 9.69. The minimum Gasteiger partial charge on any atom is -0.481 e. The van der Waals surface area contributed by atoms with Crippen molar-refractivity contribution in [2.24, 2.45) is 17.8 Å². The molecule has 2 aliphatic carbocycles. The van der Waals surface area contributed by atoms with E-state index in [1.54, 1.807) is 0 Å². The third-order valence-electron chi connectivity index (χ3n) is 9.87. The van der Waals surface area contributed by atoms with Crippen molar-refractivity contribution in [1.29, 1.82) is 0 Å². The average Bonchev–Trinajstić information content (AvgIpc) is 3.02. The van der Waals surface area contributed by atoms with E-state index in [1.807, 2.05) is 0 Å².